The fourth-order valence-corrected chi connectivity index (χ4v) is 1.63. The first-order valence-corrected chi connectivity index (χ1v) is 5.13. The molecule has 0 bridgehead atoms. The van der Waals surface area contributed by atoms with E-state index in [0.717, 1.165) is 13.2 Å². The van der Waals surface area contributed by atoms with Gasteiger partial charge in [0, 0.05) is 12.6 Å². The zero-order valence-corrected chi connectivity index (χ0v) is 8.81. The van der Waals surface area contributed by atoms with Gasteiger partial charge in [-0.05, 0) is 19.5 Å². The third-order valence-electron chi connectivity index (χ3n) is 2.87. The summed E-state index contributed by atoms with van der Waals surface area (Å²) in [6.45, 7) is 4.16. The zero-order valence-electron chi connectivity index (χ0n) is 8.81. The standard InChI is InChI=1S/C12H17NO/c1-10(12-9-14-12)13(2)8-11-6-4-3-5-7-11/h3-7,10,12H,8-9H2,1-2H3. The molecule has 76 valence electrons. The number of likely N-dealkylation sites (N-methyl/N-ethyl adjacent to an activating group) is 1. The largest absolute Gasteiger partial charge is 0.371 e. The SMILES string of the molecule is CC(C1CO1)N(C)Cc1ccccc1. The van der Waals surface area contributed by atoms with Gasteiger partial charge in [-0.1, -0.05) is 30.3 Å². The first-order chi connectivity index (χ1) is 6.77. The van der Waals surface area contributed by atoms with E-state index >= 15 is 0 Å². The Labute approximate surface area is 85.5 Å². The minimum Gasteiger partial charge on any atom is -0.371 e. The van der Waals surface area contributed by atoms with E-state index in [1.807, 2.05) is 0 Å². The van der Waals surface area contributed by atoms with Gasteiger partial charge in [-0.2, -0.15) is 0 Å². The summed E-state index contributed by atoms with van der Waals surface area (Å²) in [5.41, 5.74) is 1.36. The Morgan fingerprint density at radius 2 is 2.07 bits per heavy atom. The molecule has 0 aromatic heterocycles. The maximum absolute atomic E-state index is 5.29. The van der Waals surface area contributed by atoms with Crippen LogP contribution in [0.2, 0.25) is 0 Å². The van der Waals surface area contributed by atoms with E-state index in [-0.39, 0.29) is 0 Å². The second-order valence-corrected chi connectivity index (χ2v) is 4.01. The summed E-state index contributed by atoms with van der Waals surface area (Å²) < 4.78 is 5.29. The molecular weight excluding hydrogens is 174 g/mol. The molecule has 2 rings (SSSR count). The number of hydrogen-bond acceptors (Lipinski definition) is 2. The van der Waals surface area contributed by atoms with Crippen molar-refractivity contribution < 1.29 is 4.74 Å². The van der Waals surface area contributed by atoms with E-state index in [2.05, 4.69) is 49.2 Å². The van der Waals surface area contributed by atoms with Crippen molar-refractivity contribution in [2.75, 3.05) is 13.7 Å². The molecular formula is C12H17NO. The van der Waals surface area contributed by atoms with Crippen molar-refractivity contribution in [2.24, 2.45) is 0 Å². The van der Waals surface area contributed by atoms with Gasteiger partial charge in [-0.3, -0.25) is 4.90 Å². The van der Waals surface area contributed by atoms with E-state index in [4.69, 9.17) is 4.74 Å². The van der Waals surface area contributed by atoms with E-state index in [1.54, 1.807) is 0 Å². The Morgan fingerprint density at radius 1 is 1.43 bits per heavy atom. The normalized spacial score (nSPS) is 22.4. The van der Waals surface area contributed by atoms with E-state index in [0.29, 0.717) is 12.1 Å². The van der Waals surface area contributed by atoms with Crippen LogP contribution in [-0.4, -0.2) is 30.7 Å². The van der Waals surface area contributed by atoms with Crippen molar-refractivity contribution in [3.63, 3.8) is 0 Å². The molecule has 0 aliphatic carbocycles. The molecule has 1 saturated heterocycles. The van der Waals surface area contributed by atoms with Crippen LogP contribution >= 0.6 is 0 Å². The number of benzene rings is 1. The van der Waals surface area contributed by atoms with Crippen LogP contribution in [0.1, 0.15) is 12.5 Å². The van der Waals surface area contributed by atoms with Crippen molar-refractivity contribution in [1.29, 1.82) is 0 Å². The number of hydrogen-bond donors (Lipinski definition) is 0. The molecule has 14 heavy (non-hydrogen) atoms. The van der Waals surface area contributed by atoms with Crippen LogP contribution in [0.5, 0.6) is 0 Å². The lowest BCUT2D eigenvalue weighted by Gasteiger charge is -2.23. The highest BCUT2D eigenvalue weighted by atomic mass is 16.6. The van der Waals surface area contributed by atoms with Gasteiger partial charge in [0.25, 0.3) is 0 Å². The highest BCUT2D eigenvalue weighted by Crippen LogP contribution is 2.19. The summed E-state index contributed by atoms with van der Waals surface area (Å²) in [5, 5.41) is 0. The fourth-order valence-electron chi connectivity index (χ4n) is 1.63. The monoisotopic (exact) mass is 191 g/mol. The van der Waals surface area contributed by atoms with Crippen LogP contribution in [0.4, 0.5) is 0 Å². The van der Waals surface area contributed by atoms with Crippen molar-refractivity contribution in [2.45, 2.75) is 25.6 Å². The van der Waals surface area contributed by atoms with Crippen LogP contribution in [0.15, 0.2) is 30.3 Å². The topological polar surface area (TPSA) is 15.8 Å². The third kappa shape index (κ3) is 2.34. The first kappa shape index (κ1) is 9.69. The zero-order chi connectivity index (χ0) is 9.97. The van der Waals surface area contributed by atoms with Crippen molar-refractivity contribution in [3.8, 4) is 0 Å². The Morgan fingerprint density at radius 3 is 2.64 bits per heavy atom. The summed E-state index contributed by atoms with van der Waals surface area (Å²) in [6, 6.07) is 11.1. The highest BCUT2D eigenvalue weighted by Gasteiger charge is 2.31. The number of ether oxygens (including phenoxy) is 1. The molecule has 1 aliphatic rings. The van der Waals surface area contributed by atoms with Crippen LogP contribution < -0.4 is 0 Å². The van der Waals surface area contributed by atoms with Gasteiger partial charge in [0.2, 0.25) is 0 Å². The lowest BCUT2D eigenvalue weighted by Crippen LogP contribution is -2.32. The molecule has 0 amide bonds. The van der Waals surface area contributed by atoms with Gasteiger partial charge in [-0.25, -0.2) is 0 Å². The van der Waals surface area contributed by atoms with E-state index < -0.39 is 0 Å². The molecule has 1 heterocycles. The average molecular weight is 191 g/mol. The fraction of sp³-hybridized carbons (Fsp3) is 0.500. The van der Waals surface area contributed by atoms with Gasteiger partial charge in [0.15, 0.2) is 0 Å². The third-order valence-corrected chi connectivity index (χ3v) is 2.87. The lowest BCUT2D eigenvalue weighted by atomic mass is 10.1. The van der Waals surface area contributed by atoms with Crippen LogP contribution in [0, 0.1) is 0 Å². The molecule has 1 aromatic carbocycles. The number of rotatable bonds is 4. The second kappa shape index (κ2) is 4.11. The van der Waals surface area contributed by atoms with Gasteiger partial charge >= 0.3 is 0 Å². The van der Waals surface area contributed by atoms with Crippen LogP contribution in [0.25, 0.3) is 0 Å². The molecule has 1 aliphatic heterocycles. The van der Waals surface area contributed by atoms with Gasteiger partial charge in [-0.15, -0.1) is 0 Å². The minimum atomic E-state index is 0.462. The maximum Gasteiger partial charge on any atom is 0.0961 e. The molecule has 0 spiro atoms. The molecule has 1 fully saturated rings. The molecule has 0 saturated carbocycles. The van der Waals surface area contributed by atoms with E-state index in [9.17, 15) is 0 Å². The Kier molecular flexibility index (Phi) is 2.85. The Bertz CT molecular complexity index is 282. The average Bonchev–Trinajstić information content (AvgIpc) is 3.01. The van der Waals surface area contributed by atoms with Crippen molar-refractivity contribution >= 4 is 0 Å². The molecule has 2 nitrogen and oxygen atoms in total. The molecule has 0 N–H and O–H groups in total. The van der Waals surface area contributed by atoms with E-state index in [1.165, 1.54) is 5.56 Å². The summed E-state index contributed by atoms with van der Waals surface area (Å²) in [7, 11) is 2.15. The predicted molar refractivity (Wildman–Crippen MR) is 57.1 cm³/mol. The first-order valence-electron chi connectivity index (χ1n) is 5.13. The highest BCUT2D eigenvalue weighted by molar-refractivity contribution is 5.14. The summed E-state index contributed by atoms with van der Waals surface area (Å²) in [5.74, 6) is 0. The van der Waals surface area contributed by atoms with Gasteiger partial charge in [0.05, 0.1) is 12.7 Å². The van der Waals surface area contributed by atoms with Crippen LogP contribution in [-0.2, 0) is 11.3 Å². The summed E-state index contributed by atoms with van der Waals surface area (Å²) in [4.78, 5) is 2.34. The maximum atomic E-state index is 5.29. The summed E-state index contributed by atoms with van der Waals surface area (Å²) in [6.07, 6.45) is 0.462. The number of epoxide rings is 1. The quantitative estimate of drug-likeness (QED) is 0.676. The lowest BCUT2D eigenvalue weighted by molar-refractivity contribution is 0.203. The van der Waals surface area contributed by atoms with Crippen molar-refractivity contribution in [3.05, 3.63) is 35.9 Å². The van der Waals surface area contributed by atoms with Crippen molar-refractivity contribution in [1.82, 2.24) is 4.90 Å². The molecule has 2 unspecified atom stereocenters. The second-order valence-electron chi connectivity index (χ2n) is 4.01. The molecule has 2 atom stereocenters. The molecule has 0 radical (unpaired) electrons. The Hall–Kier alpha value is -0.860. The Balaban J connectivity index is 1.90. The minimum absolute atomic E-state index is 0.462. The predicted octanol–water partition coefficient (Wildman–Crippen LogP) is 1.91. The van der Waals surface area contributed by atoms with Crippen LogP contribution in [0.3, 0.4) is 0 Å². The van der Waals surface area contributed by atoms with Gasteiger partial charge < -0.3 is 4.74 Å². The smallest absolute Gasteiger partial charge is 0.0961 e. The molecule has 2 heteroatoms. The summed E-state index contributed by atoms with van der Waals surface area (Å²) >= 11 is 0. The van der Waals surface area contributed by atoms with Gasteiger partial charge in [0.1, 0.15) is 0 Å². The molecule has 1 aromatic rings. The number of nitrogens with zero attached hydrogens (tertiary/aromatic N) is 1.